The number of rotatable bonds is 12. The normalized spacial score (nSPS) is 15.8. The summed E-state index contributed by atoms with van der Waals surface area (Å²) in [5.41, 5.74) is 6.84. The third-order valence-corrected chi connectivity index (χ3v) is 5.80. The zero-order chi connectivity index (χ0) is 24.9. The standard InChI is InChI=1S/C19H33N7O6P/c1-10(2)32-18(28)11(3)24-33(29)31-8-13(30-7)15(27)12(4)26-9-21-14-16(25(5)6)22-19(20)23-17(14)26/h9-13,15,27H,8H2,1-7H3,(H,24,29)(H2,20,22,23)/q+1/t11-,12-,13?,15-/m0/s1. The highest BCUT2D eigenvalue weighted by Gasteiger charge is 2.33. The van der Waals surface area contributed by atoms with Crippen LogP contribution in [0, 0.1) is 0 Å². The number of aromatic nitrogens is 4. The predicted octanol–water partition coefficient (Wildman–Crippen LogP) is 1.02. The Hall–Kier alpha value is -2.44. The highest BCUT2D eigenvalue weighted by Crippen LogP contribution is 2.27. The Morgan fingerprint density at radius 2 is 1.97 bits per heavy atom. The molecule has 0 saturated carbocycles. The first-order valence-electron chi connectivity index (χ1n) is 10.4. The van der Waals surface area contributed by atoms with Crippen LogP contribution in [0.3, 0.4) is 0 Å². The fourth-order valence-electron chi connectivity index (χ4n) is 3.03. The first-order valence-corrected chi connectivity index (χ1v) is 11.6. The number of fused-ring (bicyclic) bond motifs is 1. The van der Waals surface area contributed by atoms with Crippen LogP contribution in [-0.4, -0.2) is 82.8 Å². The Kier molecular flexibility index (Phi) is 9.44. The molecular formula is C19H33N7O6P+. The second-order valence-corrected chi connectivity index (χ2v) is 9.05. The van der Waals surface area contributed by atoms with E-state index in [1.165, 1.54) is 20.4 Å². The number of imidazole rings is 1. The molecular weight excluding hydrogens is 453 g/mol. The van der Waals surface area contributed by atoms with Gasteiger partial charge in [0.05, 0.1) is 18.5 Å². The van der Waals surface area contributed by atoms with Crippen molar-refractivity contribution in [1.29, 1.82) is 0 Å². The van der Waals surface area contributed by atoms with Gasteiger partial charge < -0.3 is 29.8 Å². The van der Waals surface area contributed by atoms with Gasteiger partial charge >= 0.3 is 14.1 Å². The van der Waals surface area contributed by atoms with E-state index in [1.807, 2.05) is 14.1 Å². The molecule has 13 nitrogen and oxygen atoms in total. The van der Waals surface area contributed by atoms with Gasteiger partial charge in [0, 0.05) is 21.2 Å². The first kappa shape index (κ1) is 26.8. The number of anilines is 2. The van der Waals surface area contributed by atoms with Gasteiger partial charge in [-0.3, -0.25) is 4.79 Å². The summed E-state index contributed by atoms with van der Waals surface area (Å²) in [6, 6.07) is -1.37. The van der Waals surface area contributed by atoms with Crippen molar-refractivity contribution in [3.63, 3.8) is 0 Å². The second-order valence-electron chi connectivity index (χ2n) is 8.02. The van der Waals surface area contributed by atoms with Crippen LogP contribution in [0.5, 0.6) is 0 Å². The number of esters is 1. The molecule has 0 saturated heterocycles. The van der Waals surface area contributed by atoms with E-state index >= 15 is 0 Å². The number of hydrogen-bond donors (Lipinski definition) is 3. The van der Waals surface area contributed by atoms with Gasteiger partial charge in [-0.1, -0.05) is 5.09 Å². The summed E-state index contributed by atoms with van der Waals surface area (Å²) in [5.74, 6) is 0.0893. The number of ether oxygens (including phenoxy) is 2. The molecule has 0 spiro atoms. The van der Waals surface area contributed by atoms with Gasteiger partial charge in [0.15, 0.2) is 17.0 Å². The molecule has 2 heterocycles. The van der Waals surface area contributed by atoms with Crippen molar-refractivity contribution in [1.82, 2.24) is 24.6 Å². The third kappa shape index (κ3) is 6.78. The van der Waals surface area contributed by atoms with Gasteiger partial charge in [-0.15, -0.1) is 4.52 Å². The van der Waals surface area contributed by atoms with Crippen LogP contribution >= 0.6 is 8.18 Å². The maximum atomic E-state index is 12.2. The molecule has 0 amide bonds. The van der Waals surface area contributed by atoms with Crippen molar-refractivity contribution < 1.29 is 28.5 Å². The maximum Gasteiger partial charge on any atom is 0.613 e. The van der Waals surface area contributed by atoms with Crippen molar-refractivity contribution >= 4 is 37.1 Å². The van der Waals surface area contributed by atoms with Crippen molar-refractivity contribution in [3.05, 3.63) is 6.33 Å². The molecule has 0 fully saturated rings. The van der Waals surface area contributed by atoms with E-state index < -0.39 is 38.4 Å². The lowest BCUT2D eigenvalue weighted by Gasteiger charge is -2.26. The van der Waals surface area contributed by atoms with Crippen LogP contribution in [0.4, 0.5) is 11.8 Å². The topological polar surface area (TPSA) is 167 Å². The van der Waals surface area contributed by atoms with Gasteiger partial charge in [-0.25, -0.2) is 4.98 Å². The van der Waals surface area contributed by atoms with E-state index in [0.29, 0.717) is 17.0 Å². The van der Waals surface area contributed by atoms with Gasteiger partial charge in [-0.2, -0.15) is 9.97 Å². The van der Waals surface area contributed by atoms with Gasteiger partial charge in [-0.05, 0) is 32.3 Å². The molecule has 2 aromatic rings. The Morgan fingerprint density at radius 1 is 1.30 bits per heavy atom. The fraction of sp³-hybridized carbons (Fsp3) is 0.684. The van der Waals surface area contributed by atoms with Crippen LogP contribution < -0.4 is 15.7 Å². The summed E-state index contributed by atoms with van der Waals surface area (Å²) in [4.78, 5) is 26.5. The number of hydrogen-bond acceptors (Lipinski definition) is 11. The molecule has 2 aromatic heterocycles. The Labute approximate surface area is 193 Å². The van der Waals surface area contributed by atoms with Gasteiger partial charge in [0.2, 0.25) is 5.95 Å². The number of methoxy groups -OCH3 is 1. The predicted molar refractivity (Wildman–Crippen MR) is 123 cm³/mol. The molecule has 2 rings (SSSR count). The van der Waals surface area contributed by atoms with E-state index in [-0.39, 0.29) is 18.7 Å². The van der Waals surface area contributed by atoms with Crippen molar-refractivity contribution in [2.75, 3.05) is 38.4 Å². The monoisotopic (exact) mass is 486 g/mol. The molecule has 0 bridgehead atoms. The maximum absolute atomic E-state index is 12.2. The number of aliphatic hydroxyl groups is 1. The molecule has 0 aliphatic heterocycles. The number of nitrogen functional groups attached to an aromatic ring is 1. The molecule has 0 aromatic carbocycles. The average molecular weight is 486 g/mol. The highest BCUT2D eigenvalue weighted by atomic mass is 31.1. The van der Waals surface area contributed by atoms with E-state index in [0.717, 1.165) is 0 Å². The third-order valence-electron chi connectivity index (χ3n) is 4.82. The molecule has 0 radical (unpaired) electrons. The van der Waals surface area contributed by atoms with Crippen LogP contribution in [0.25, 0.3) is 11.2 Å². The van der Waals surface area contributed by atoms with Crippen LogP contribution in [0.15, 0.2) is 6.33 Å². The highest BCUT2D eigenvalue weighted by molar-refractivity contribution is 7.36. The number of aliphatic hydroxyl groups excluding tert-OH is 1. The molecule has 14 heteroatoms. The zero-order valence-electron chi connectivity index (χ0n) is 19.9. The summed E-state index contributed by atoms with van der Waals surface area (Å²) < 4.78 is 29.6. The average Bonchev–Trinajstić information content (AvgIpc) is 3.15. The van der Waals surface area contributed by atoms with E-state index in [9.17, 15) is 14.5 Å². The molecule has 184 valence electrons. The Balaban J connectivity index is 2.07. The lowest BCUT2D eigenvalue weighted by atomic mass is 10.1. The lowest BCUT2D eigenvalue weighted by Crippen LogP contribution is -2.38. The van der Waals surface area contributed by atoms with Crippen molar-refractivity contribution in [3.8, 4) is 0 Å². The molecule has 4 N–H and O–H groups in total. The SMILES string of the molecule is COC(CO[P+](=O)N[C@@H](C)C(=O)OC(C)C)[C@@H](O)[C@H](C)n1cnc2c(N(C)C)nc(N)nc21. The van der Waals surface area contributed by atoms with Crippen LogP contribution in [0.1, 0.15) is 33.7 Å². The number of carbonyl (C=O) groups is 1. The van der Waals surface area contributed by atoms with Crippen LogP contribution in [0.2, 0.25) is 0 Å². The van der Waals surface area contributed by atoms with E-state index in [2.05, 4.69) is 20.0 Å². The van der Waals surface area contributed by atoms with E-state index in [1.54, 1.807) is 30.2 Å². The number of nitrogens with two attached hydrogens (primary N) is 1. The quantitative estimate of drug-likeness (QED) is 0.288. The van der Waals surface area contributed by atoms with Crippen molar-refractivity contribution in [2.24, 2.45) is 0 Å². The molecule has 33 heavy (non-hydrogen) atoms. The van der Waals surface area contributed by atoms with Crippen molar-refractivity contribution in [2.45, 2.75) is 58.1 Å². The lowest BCUT2D eigenvalue weighted by molar-refractivity contribution is -0.149. The second kappa shape index (κ2) is 11.6. The zero-order valence-corrected chi connectivity index (χ0v) is 20.8. The summed E-state index contributed by atoms with van der Waals surface area (Å²) >= 11 is 0. The summed E-state index contributed by atoms with van der Waals surface area (Å²) in [5, 5.41) is 13.4. The number of nitrogens with one attached hydrogen (secondary N) is 1. The molecule has 5 atom stereocenters. The van der Waals surface area contributed by atoms with Gasteiger partial charge in [0.1, 0.15) is 24.9 Å². The minimum Gasteiger partial charge on any atom is -0.462 e. The van der Waals surface area contributed by atoms with E-state index in [4.69, 9.17) is 19.7 Å². The smallest absolute Gasteiger partial charge is 0.462 e. The summed E-state index contributed by atoms with van der Waals surface area (Å²) in [6.45, 7) is 6.53. The number of nitrogens with zero attached hydrogens (tertiary/aromatic N) is 5. The van der Waals surface area contributed by atoms with Gasteiger partial charge in [0.25, 0.3) is 0 Å². The Morgan fingerprint density at radius 3 is 2.55 bits per heavy atom. The largest absolute Gasteiger partial charge is 0.613 e. The summed E-state index contributed by atoms with van der Waals surface area (Å²) in [7, 11) is 2.63. The summed E-state index contributed by atoms with van der Waals surface area (Å²) in [6.07, 6.45) is -0.650. The molecule has 2 unspecified atom stereocenters. The minimum atomic E-state index is -2.40. The Bertz CT molecular complexity index is 969. The molecule has 0 aliphatic carbocycles. The van der Waals surface area contributed by atoms with Crippen LogP contribution in [-0.2, 0) is 23.4 Å². The molecule has 0 aliphatic rings. The first-order chi connectivity index (χ1) is 15.5. The number of carbonyl (C=O) groups excluding carboxylic acids is 1. The minimum absolute atomic E-state index is 0.0782. The fourth-order valence-corrected chi connectivity index (χ4v) is 3.81.